The number of hydrogen-bond acceptors (Lipinski definition) is 3. The molecule has 2 aliphatic rings. The van der Waals surface area contributed by atoms with Crippen LogP contribution in [0.2, 0.25) is 0 Å². The maximum atomic E-state index is 12.3. The average molecular weight is 304 g/mol. The number of thioether (sulfide) groups is 1. The van der Waals surface area contributed by atoms with Gasteiger partial charge in [-0.15, -0.1) is 11.8 Å². The van der Waals surface area contributed by atoms with Gasteiger partial charge in [-0.25, -0.2) is 0 Å². The first kappa shape index (κ1) is 14.9. The van der Waals surface area contributed by atoms with Crippen molar-refractivity contribution < 1.29 is 4.79 Å². The molecule has 1 heterocycles. The van der Waals surface area contributed by atoms with E-state index in [1.807, 2.05) is 0 Å². The van der Waals surface area contributed by atoms with Crippen LogP contribution in [0.3, 0.4) is 0 Å². The van der Waals surface area contributed by atoms with Gasteiger partial charge in [0.1, 0.15) is 6.17 Å². The van der Waals surface area contributed by atoms with Gasteiger partial charge in [0.25, 0.3) is 0 Å². The number of carbonyl (C=O) groups is 1. The molecule has 2 fully saturated rings. The third kappa shape index (κ3) is 3.27. The van der Waals surface area contributed by atoms with Crippen LogP contribution in [-0.2, 0) is 4.79 Å². The first-order chi connectivity index (χ1) is 10.2. The Morgan fingerprint density at radius 2 is 2.05 bits per heavy atom. The van der Waals surface area contributed by atoms with Gasteiger partial charge < -0.3 is 4.90 Å². The number of carbonyl (C=O) groups excluding carboxylic acids is 1. The Balaban J connectivity index is 1.79. The fourth-order valence-corrected chi connectivity index (χ4v) is 3.62. The quantitative estimate of drug-likeness (QED) is 0.817. The van der Waals surface area contributed by atoms with E-state index in [0.717, 1.165) is 12.3 Å². The van der Waals surface area contributed by atoms with E-state index in [2.05, 4.69) is 47.7 Å². The lowest BCUT2D eigenvalue weighted by Gasteiger charge is -2.32. The van der Waals surface area contributed by atoms with Gasteiger partial charge in [0.2, 0.25) is 5.91 Å². The Bertz CT molecular complexity index is 498. The molecule has 0 aromatic heterocycles. The van der Waals surface area contributed by atoms with Crippen LogP contribution in [0.4, 0.5) is 0 Å². The van der Waals surface area contributed by atoms with Crippen molar-refractivity contribution >= 4 is 17.7 Å². The molecule has 4 heteroatoms. The molecule has 2 unspecified atom stereocenters. The summed E-state index contributed by atoms with van der Waals surface area (Å²) in [6, 6.07) is 8.97. The van der Waals surface area contributed by atoms with Crippen LogP contribution in [0.15, 0.2) is 29.2 Å². The Labute approximate surface area is 131 Å². The lowest BCUT2D eigenvalue weighted by molar-refractivity contribution is -0.130. The Morgan fingerprint density at radius 3 is 2.62 bits per heavy atom. The first-order valence-electron chi connectivity index (χ1n) is 7.91. The van der Waals surface area contributed by atoms with Gasteiger partial charge in [-0.2, -0.15) is 0 Å². The van der Waals surface area contributed by atoms with Crippen LogP contribution in [0.1, 0.15) is 44.3 Å². The van der Waals surface area contributed by atoms with Gasteiger partial charge in [0.15, 0.2) is 0 Å². The summed E-state index contributed by atoms with van der Waals surface area (Å²) in [6.45, 7) is 2.67. The van der Waals surface area contributed by atoms with Crippen molar-refractivity contribution in [1.82, 2.24) is 10.2 Å². The predicted octanol–water partition coefficient (Wildman–Crippen LogP) is 3.42. The molecule has 1 saturated carbocycles. The number of benzene rings is 1. The second kappa shape index (κ2) is 6.41. The molecule has 3 rings (SSSR count). The second-order valence-corrected chi connectivity index (χ2v) is 6.98. The second-order valence-electron chi connectivity index (χ2n) is 6.10. The largest absolute Gasteiger partial charge is 0.319 e. The minimum Gasteiger partial charge on any atom is -0.319 e. The molecule has 21 heavy (non-hydrogen) atoms. The van der Waals surface area contributed by atoms with E-state index >= 15 is 0 Å². The molecule has 1 N–H and O–H groups in total. The number of amides is 1. The zero-order valence-corrected chi connectivity index (χ0v) is 13.7. The van der Waals surface area contributed by atoms with Crippen LogP contribution >= 0.6 is 11.8 Å². The summed E-state index contributed by atoms with van der Waals surface area (Å²) in [7, 11) is 0. The van der Waals surface area contributed by atoms with Crippen molar-refractivity contribution in [3.05, 3.63) is 29.8 Å². The van der Waals surface area contributed by atoms with Crippen molar-refractivity contribution in [2.75, 3.05) is 12.8 Å². The molecule has 3 nitrogen and oxygen atoms in total. The molecule has 1 aliphatic carbocycles. The topological polar surface area (TPSA) is 32.3 Å². The zero-order valence-electron chi connectivity index (χ0n) is 12.8. The van der Waals surface area contributed by atoms with Gasteiger partial charge >= 0.3 is 0 Å². The standard InChI is InChI=1S/C17H24N2OS/c1-3-14(10-12-4-5-12)19-16(20)11-18-17(19)13-6-8-15(21-2)9-7-13/h6-9,12,14,17-18H,3-5,10-11H2,1-2H3. The lowest BCUT2D eigenvalue weighted by atomic mass is 10.0. The van der Waals surface area contributed by atoms with E-state index in [0.29, 0.717) is 12.6 Å². The summed E-state index contributed by atoms with van der Waals surface area (Å²) >= 11 is 1.75. The molecule has 1 saturated heterocycles. The van der Waals surface area contributed by atoms with Gasteiger partial charge in [-0.05, 0) is 42.7 Å². The van der Waals surface area contributed by atoms with Crippen molar-refractivity contribution in [2.45, 2.75) is 49.7 Å². The smallest absolute Gasteiger partial charge is 0.238 e. The summed E-state index contributed by atoms with van der Waals surface area (Å²) in [5, 5.41) is 3.39. The minimum absolute atomic E-state index is 0.0529. The fourth-order valence-electron chi connectivity index (χ4n) is 3.21. The van der Waals surface area contributed by atoms with E-state index < -0.39 is 0 Å². The predicted molar refractivity (Wildman–Crippen MR) is 87.2 cm³/mol. The first-order valence-corrected chi connectivity index (χ1v) is 9.14. The van der Waals surface area contributed by atoms with E-state index in [1.54, 1.807) is 11.8 Å². The van der Waals surface area contributed by atoms with E-state index in [1.165, 1.54) is 29.7 Å². The molecule has 2 atom stereocenters. The highest BCUT2D eigenvalue weighted by molar-refractivity contribution is 7.98. The summed E-state index contributed by atoms with van der Waals surface area (Å²) in [5.74, 6) is 1.10. The molecule has 1 amide bonds. The lowest BCUT2D eigenvalue weighted by Crippen LogP contribution is -2.39. The maximum absolute atomic E-state index is 12.3. The SMILES string of the molecule is CCC(CC1CC1)N1C(=O)CNC1c1ccc(SC)cc1. The Morgan fingerprint density at radius 1 is 1.33 bits per heavy atom. The molecule has 114 valence electrons. The zero-order chi connectivity index (χ0) is 14.8. The summed E-state index contributed by atoms with van der Waals surface area (Å²) < 4.78 is 0. The minimum atomic E-state index is 0.0529. The van der Waals surface area contributed by atoms with Crippen LogP contribution in [0, 0.1) is 5.92 Å². The number of nitrogens with zero attached hydrogens (tertiary/aromatic N) is 1. The van der Waals surface area contributed by atoms with Crippen LogP contribution in [-0.4, -0.2) is 29.6 Å². The van der Waals surface area contributed by atoms with Gasteiger partial charge in [-0.1, -0.05) is 31.9 Å². The summed E-state index contributed by atoms with van der Waals surface area (Å²) in [6.07, 6.45) is 7.05. The molecular formula is C17H24N2OS. The number of rotatable bonds is 6. The molecule has 1 aromatic carbocycles. The van der Waals surface area contributed by atoms with Gasteiger partial charge in [-0.3, -0.25) is 10.1 Å². The van der Waals surface area contributed by atoms with Crippen molar-refractivity contribution in [1.29, 1.82) is 0 Å². The highest BCUT2D eigenvalue weighted by Crippen LogP contribution is 2.38. The molecule has 0 bridgehead atoms. The highest BCUT2D eigenvalue weighted by atomic mass is 32.2. The monoisotopic (exact) mass is 304 g/mol. The normalized spacial score (nSPS) is 23.6. The fraction of sp³-hybridized carbons (Fsp3) is 0.588. The summed E-state index contributed by atoms with van der Waals surface area (Å²) in [5.41, 5.74) is 1.20. The summed E-state index contributed by atoms with van der Waals surface area (Å²) in [4.78, 5) is 15.7. The van der Waals surface area contributed by atoms with Crippen molar-refractivity contribution in [2.24, 2.45) is 5.92 Å². The number of nitrogens with one attached hydrogen (secondary N) is 1. The number of hydrogen-bond donors (Lipinski definition) is 1. The highest BCUT2D eigenvalue weighted by Gasteiger charge is 2.38. The van der Waals surface area contributed by atoms with Crippen molar-refractivity contribution in [3.63, 3.8) is 0 Å². The van der Waals surface area contributed by atoms with Gasteiger partial charge in [0.05, 0.1) is 6.54 Å². The molecule has 0 radical (unpaired) electrons. The van der Waals surface area contributed by atoms with Gasteiger partial charge in [0, 0.05) is 10.9 Å². The van der Waals surface area contributed by atoms with Crippen molar-refractivity contribution in [3.8, 4) is 0 Å². The average Bonchev–Trinajstić information content (AvgIpc) is 3.26. The van der Waals surface area contributed by atoms with Crippen LogP contribution < -0.4 is 5.32 Å². The van der Waals surface area contributed by atoms with E-state index in [9.17, 15) is 4.79 Å². The van der Waals surface area contributed by atoms with Crippen LogP contribution in [0.25, 0.3) is 0 Å². The third-order valence-electron chi connectivity index (χ3n) is 4.61. The maximum Gasteiger partial charge on any atom is 0.238 e. The third-order valence-corrected chi connectivity index (χ3v) is 5.35. The molecule has 1 aromatic rings. The molecule has 1 aliphatic heterocycles. The Hall–Kier alpha value is -1.00. The molecular weight excluding hydrogens is 280 g/mol. The van der Waals surface area contributed by atoms with E-state index in [4.69, 9.17) is 0 Å². The van der Waals surface area contributed by atoms with E-state index in [-0.39, 0.29) is 12.1 Å². The van der Waals surface area contributed by atoms with Crippen LogP contribution in [0.5, 0.6) is 0 Å². The molecule has 0 spiro atoms. The Kier molecular flexibility index (Phi) is 4.55.